The van der Waals surface area contributed by atoms with Crippen LogP contribution in [0.25, 0.3) is 28.0 Å². The number of hydrogen-bond acceptors (Lipinski definition) is 4. The largest absolute Gasteiger partial charge is 0.497 e. The Balaban J connectivity index is 1.26. The zero-order valence-corrected chi connectivity index (χ0v) is 35.4. The fraction of sp³-hybridized carbons (Fsp3) is 0.189. The van der Waals surface area contributed by atoms with Crippen LogP contribution >= 0.6 is 15.9 Å². The Morgan fingerprint density at radius 3 is 2.08 bits per heavy atom. The number of halogens is 1. The minimum atomic E-state index is -0.895. The van der Waals surface area contributed by atoms with Crippen LogP contribution in [0.1, 0.15) is 82.6 Å². The highest BCUT2D eigenvalue weighted by Crippen LogP contribution is 2.60. The van der Waals surface area contributed by atoms with Crippen LogP contribution in [0, 0.1) is 0 Å². The Kier molecular flexibility index (Phi) is 8.75. The molecule has 0 saturated carbocycles. The summed E-state index contributed by atoms with van der Waals surface area (Å²) in [6, 6.07) is 47.9. The van der Waals surface area contributed by atoms with Gasteiger partial charge in [-0.1, -0.05) is 153 Å². The first-order chi connectivity index (χ1) is 28.5. The summed E-state index contributed by atoms with van der Waals surface area (Å²) in [5.74, 6) is 1.56. The molecule has 2 heterocycles. The number of carbonyl (C=O) groups excluding carboxylic acids is 1. The van der Waals surface area contributed by atoms with Crippen LogP contribution in [0.4, 0.5) is 5.69 Å². The van der Waals surface area contributed by atoms with Crippen LogP contribution in [0.2, 0.25) is 0 Å². The number of fused-ring (bicyclic) bond motifs is 10. The molecule has 0 bridgehead atoms. The summed E-state index contributed by atoms with van der Waals surface area (Å²) in [5, 5.41) is 2.10. The quantitative estimate of drug-likeness (QED) is 0.167. The zero-order valence-electron chi connectivity index (χ0n) is 33.8. The average Bonchev–Trinajstić information content (AvgIpc) is 3.38. The van der Waals surface area contributed by atoms with Crippen molar-refractivity contribution in [2.45, 2.75) is 50.7 Å². The number of benzene rings is 7. The summed E-state index contributed by atoms with van der Waals surface area (Å²) in [6.07, 6.45) is 4.49. The second-order valence-corrected chi connectivity index (χ2v) is 17.7. The molecule has 1 amide bonds. The van der Waals surface area contributed by atoms with E-state index in [1.165, 1.54) is 11.1 Å². The Morgan fingerprint density at radius 1 is 0.746 bits per heavy atom. The van der Waals surface area contributed by atoms with Gasteiger partial charge in [0.05, 0.1) is 19.3 Å². The maximum absolute atomic E-state index is 15.4. The maximum Gasteiger partial charge on any atom is 0.260 e. The molecule has 0 aromatic heterocycles. The number of ether oxygens (including phenoxy) is 3. The molecule has 0 saturated heterocycles. The van der Waals surface area contributed by atoms with Crippen molar-refractivity contribution in [1.82, 2.24) is 0 Å². The summed E-state index contributed by atoms with van der Waals surface area (Å²) < 4.78 is 20.6. The smallest absolute Gasteiger partial charge is 0.260 e. The van der Waals surface area contributed by atoms with Gasteiger partial charge < -0.3 is 14.2 Å². The fourth-order valence-corrected chi connectivity index (χ4v) is 10.1. The molecule has 0 N–H and O–H groups in total. The average molecular weight is 839 g/mol. The molecule has 10 rings (SSSR count). The van der Waals surface area contributed by atoms with Gasteiger partial charge in [-0.3, -0.25) is 9.69 Å². The summed E-state index contributed by atoms with van der Waals surface area (Å²) in [4.78, 5) is 17.1. The highest BCUT2D eigenvalue weighted by Gasteiger charge is 2.47. The molecule has 59 heavy (non-hydrogen) atoms. The lowest BCUT2D eigenvalue weighted by molar-refractivity contribution is 0.0904. The molecule has 5 nitrogen and oxygen atoms in total. The molecule has 0 radical (unpaired) electrons. The van der Waals surface area contributed by atoms with Crippen molar-refractivity contribution < 1.29 is 19.0 Å². The third-order valence-electron chi connectivity index (χ3n) is 12.9. The lowest BCUT2D eigenvalue weighted by Crippen LogP contribution is -2.35. The predicted octanol–water partition coefficient (Wildman–Crippen LogP) is 12.7. The van der Waals surface area contributed by atoms with Crippen LogP contribution in [-0.2, 0) is 27.8 Å². The van der Waals surface area contributed by atoms with E-state index in [0.717, 1.165) is 76.9 Å². The molecule has 0 spiro atoms. The van der Waals surface area contributed by atoms with Crippen LogP contribution < -0.4 is 14.4 Å². The number of hydrogen-bond donors (Lipinski definition) is 0. The van der Waals surface area contributed by atoms with Crippen molar-refractivity contribution in [2.75, 3.05) is 18.7 Å². The second-order valence-electron chi connectivity index (χ2n) is 16.8. The van der Waals surface area contributed by atoms with Gasteiger partial charge in [0.1, 0.15) is 18.2 Å². The minimum Gasteiger partial charge on any atom is -0.497 e. The summed E-state index contributed by atoms with van der Waals surface area (Å²) in [7, 11) is 1.69. The number of amides is 1. The van der Waals surface area contributed by atoms with E-state index in [2.05, 4.69) is 147 Å². The third-order valence-corrected chi connectivity index (χ3v) is 13.4. The van der Waals surface area contributed by atoms with Crippen molar-refractivity contribution in [3.05, 3.63) is 200 Å². The van der Waals surface area contributed by atoms with E-state index in [1.807, 2.05) is 48.5 Å². The lowest BCUT2D eigenvalue weighted by Gasteiger charge is -2.38. The first-order valence-electron chi connectivity index (χ1n) is 20.1. The third kappa shape index (κ3) is 5.64. The van der Waals surface area contributed by atoms with Crippen LogP contribution in [0.15, 0.2) is 150 Å². The zero-order chi connectivity index (χ0) is 40.7. The molecule has 1 aliphatic carbocycles. The number of methoxy groups -OCH3 is 1. The molecule has 292 valence electrons. The Morgan fingerprint density at radius 2 is 1.39 bits per heavy atom. The van der Waals surface area contributed by atoms with Crippen LogP contribution in [-0.4, -0.2) is 19.7 Å². The molecule has 3 aliphatic rings. The first-order valence-corrected chi connectivity index (χ1v) is 20.9. The van der Waals surface area contributed by atoms with E-state index in [0.29, 0.717) is 5.56 Å². The van der Waals surface area contributed by atoms with Crippen molar-refractivity contribution in [3.63, 3.8) is 0 Å². The van der Waals surface area contributed by atoms with Crippen LogP contribution in [0.5, 0.6) is 11.5 Å². The highest BCUT2D eigenvalue weighted by molar-refractivity contribution is 9.10. The molecular formula is C53H44BrNO4. The van der Waals surface area contributed by atoms with Gasteiger partial charge in [-0.05, 0) is 86.8 Å². The summed E-state index contributed by atoms with van der Waals surface area (Å²) in [6.45, 7) is 9.54. The van der Waals surface area contributed by atoms with Crippen molar-refractivity contribution >= 4 is 44.4 Å². The first kappa shape index (κ1) is 37.3. The van der Waals surface area contributed by atoms with E-state index in [1.54, 1.807) is 12.0 Å². The normalized spacial score (nSPS) is 17.7. The number of carbonyl (C=O) groups is 1. The molecule has 6 heteroatoms. The Bertz CT molecular complexity index is 2830. The lowest BCUT2D eigenvalue weighted by atomic mass is 9.71. The second kappa shape index (κ2) is 13.8. The fourth-order valence-electron chi connectivity index (χ4n) is 9.79. The van der Waals surface area contributed by atoms with Gasteiger partial charge in [0.2, 0.25) is 0 Å². The van der Waals surface area contributed by atoms with Crippen molar-refractivity contribution in [2.24, 2.45) is 0 Å². The van der Waals surface area contributed by atoms with Gasteiger partial charge >= 0.3 is 0 Å². The van der Waals surface area contributed by atoms with E-state index in [-0.39, 0.29) is 19.2 Å². The van der Waals surface area contributed by atoms with Gasteiger partial charge in [-0.2, -0.15) is 0 Å². The van der Waals surface area contributed by atoms with Crippen LogP contribution in [0.3, 0.4) is 0 Å². The predicted molar refractivity (Wildman–Crippen MR) is 241 cm³/mol. The molecule has 0 fully saturated rings. The van der Waals surface area contributed by atoms with E-state index >= 15 is 4.79 Å². The standard InChI is InChI=1S/C53H44BrNO4/c1-51(2,33-14-8-6-9-15-33)44-30-43-45(42-31-58-32-55(50(56)46(42)44)37-24-22-36(54)23-25-37)47-39-18-12-13-19-40(39)49-41(48(47)52(43,3)4)28-29-53(59-49,34-16-10-7-11-17-34)35-20-26-38(57-5)27-21-35/h6-30H,31-32H2,1-5H3. The monoisotopic (exact) mass is 837 g/mol. The minimum absolute atomic E-state index is 0.0643. The Hall–Kier alpha value is -5.95. The highest BCUT2D eigenvalue weighted by atomic mass is 79.9. The summed E-state index contributed by atoms with van der Waals surface area (Å²) >= 11 is 3.58. The van der Waals surface area contributed by atoms with Gasteiger partial charge in [-0.25, -0.2) is 0 Å². The van der Waals surface area contributed by atoms with Gasteiger partial charge in [0, 0.05) is 43.1 Å². The number of rotatable bonds is 6. The molecule has 2 aliphatic heterocycles. The number of anilines is 1. The molecule has 7 aromatic rings. The van der Waals surface area contributed by atoms with Crippen molar-refractivity contribution in [3.8, 4) is 22.6 Å². The Labute approximate surface area is 354 Å². The van der Waals surface area contributed by atoms with Gasteiger partial charge in [0.25, 0.3) is 5.91 Å². The molecule has 1 atom stereocenters. The summed E-state index contributed by atoms with van der Waals surface area (Å²) in [5.41, 5.74) is 10.3. The molecule has 7 aromatic carbocycles. The maximum atomic E-state index is 15.4. The SMILES string of the molecule is COc1ccc(C2(c3ccccc3)C=Cc3c4c(c5ccccc5c3O2)-c2c(cc(C(C)(C)c3ccccc3)c3c2COCN(c2ccc(Br)cc2)C3=O)C4(C)C)cc1. The van der Waals surface area contributed by atoms with Gasteiger partial charge in [-0.15, -0.1) is 0 Å². The van der Waals surface area contributed by atoms with E-state index in [9.17, 15) is 0 Å². The van der Waals surface area contributed by atoms with E-state index < -0.39 is 16.4 Å². The number of nitrogens with zero attached hydrogens (tertiary/aromatic N) is 1. The van der Waals surface area contributed by atoms with Crippen molar-refractivity contribution in [1.29, 1.82) is 0 Å². The molecular weight excluding hydrogens is 794 g/mol. The van der Waals surface area contributed by atoms with E-state index in [4.69, 9.17) is 14.2 Å². The topological polar surface area (TPSA) is 48.0 Å². The molecule has 1 unspecified atom stereocenters. The van der Waals surface area contributed by atoms with Gasteiger partial charge in [0.15, 0.2) is 5.60 Å².